The standard InChI is InChI=1S/C24H35NO3/c1-3-28-20-10-18-25(17-8-4-5-15-24(26)27-2)19-16-22-13-9-12-21-11-6-7-14-23(21)22/h6-7,9,11-14H,3-5,8,10,15-20H2,1-2H3. The second kappa shape index (κ2) is 13.3. The predicted molar refractivity (Wildman–Crippen MR) is 116 cm³/mol. The zero-order valence-corrected chi connectivity index (χ0v) is 17.5. The van der Waals surface area contributed by atoms with E-state index in [1.807, 2.05) is 6.92 Å². The number of ether oxygens (including phenoxy) is 2. The maximum atomic E-state index is 11.2. The summed E-state index contributed by atoms with van der Waals surface area (Å²) in [5.41, 5.74) is 1.42. The molecule has 0 amide bonds. The van der Waals surface area contributed by atoms with E-state index >= 15 is 0 Å². The van der Waals surface area contributed by atoms with Crippen LogP contribution in [0.15, 0.2) is 42.5 Å². The van der Waals surface area contributed by atoms with Crippen molar-refractivity contribution in [1.82, 2.24) is 4.90 Å². The fraction of sp³-hybridized carbons (Fsp3) is 0.542. The van der Waals surface area contributed by atoms with Crippen LogP contribution in [0, 0.1) is 0 Å². The van der Waals surface area contributed by atoms with Gasteiger partial charge < -0.3 is 14.4 Å². The lowest BCUT2D eigenvalue weighted by Crippen LogP contribution is -2.29. The molecule has 0 saturated carbocycles. The Labute approximate surface area is 169 Å². The Kier molecular flexibility index (Phi) is 10.6. The fourth-order valence-electron chi connectivity index (χ4n) is 3.54. The van der Waals surface area contributed by atoms with Crippen LogP contribution >= 0.6 is 0 Å². The van der Waals surface area contributed by atoms with Gasteiger partial charge in [0.2, 0.25) is 0 Å². The van der Waals surface area contributed by atoms with Gasteiger partial charge in [0.1, 0.15) is 0 Å². The molecule has 0 atom stereocenters. The van der Waals surface area contributed by atoms with E-state index in [0.29, 0.717) is 6.42 Å². The Morgan fingerprint density at radius 2 is 1.71 bits per heavy atom. The summed E-state index contributed by atoms with van der Waals surface area (Å²) in [5, 5.41) is 2.67. The monoisotopic (exact) mass is 385 g/mol. The highest BCUT2D eigenvalue weighted by molar-refractivity contribution is 5.85. The first-order valence-electron chi connectivity index (χ1n) is 10.6. The van der Waals surface area contributed by atoms with Crippen molar-refractivity contribution in [2.75, 3.05) is 40.0 Å². The molecule has 0 aromatic heterocycles. The summed E-state index contributed by atoms with van der Waals surface area (Å²) in [6, 6.07) is 15.2. The van der Waals surface area contributed by atoms with Gasteiger partial charge in [-0.25, -0.2) is 0 Å². The van der Waals surface area contributed by atoms with Gasteiger partial charge in [0, 0.05) is 32.7 Å². The summed E-state index contributed by atoms with van der Waals surface area (Å²) in [6.45, 7) is 6.82. The van der Waals surface area contributed by atoms with Crippen LogP contribution in [0.4, 0.5) is 0 Å². The fourth-order valence-corrected chi connectivity index (χ4v) is 3.54. The summed E-state index contributed by atoms with van der Waals surface area (Å²) in [5.74, 6) is -0.107. The molecule has 0 spiro atoms. The van der Waals surface area contributed by atoms with E-state index < -0.39 is 0 Å². The molecule has 4 heteroatoms. The Hall–Kier alpha value is -1.91. The lowest BCUT2D eigenvalue weighted by Gasteiger charge is -2.22. The Morgan fingerprint density at radius 1 is 0.929 bits per heavy atom. The number of esters is 1. The Morgan fingerprint density at radius 3 is 2.54 bits per heavy atom. The molecule has 28 heavy (non-hydrogen) atoms. The molecule has 0 unspecified atom stereocenters. The van der Waals surface area contributed by atoms with Crippen molar-refractivity contribution < 1.29 is 14.3 Å². The van der Waals surface area contributed by atoms with Gasteiger partial charge in [-0.2, -0.15) is 0 Å². The molecule has 0 N–H and O–H groups in total. The second-order valence-corrected chi connectivity index (χ2v) is 7.17. The van der Waals surface area contributed by atoms with E-state index in [-0.39, 0.29) is 5.97 Å². The predicted octanol–water partition coefficient (Wildman–Crippen LogP) is 4.84. The van der Waals surface area contributed by atoms with Gasteiger partial charge in [-0.05, 0) is 55.5 Å². The number of carbonyl (C=O) groups is 1. The van der Waals surface area contributed by atoms with Crippen molar-refractivity contribution in [3.63, 3.8) is 0 Å². The molecule has 154 valence electrons. The normalized spacial score (nSPS) is 11.2. The van der Waals surface area contributed by atoms with Crippen molar-refractivity contribution in [2.45, 2.75) is 45.4 Å². The first-order chi connectivity index (χ1) is 13.7. The van der Waals surface area contributed by atoms with E-state index in [2.05, 4.69) is 47.4 Å². The number of hydrogen-bond acceptors (Lipinski definition) is 4. The number of methoxy groups -OCH3 is 1. The molecular weight excluding hydrogens is 350 g/mol. The zero-order chi connectivity index (χ0) is 20.0. The molecule has 2 rings (SSSR count). The minimum absolute atomic E-state index is 0.107. The highest BCUT2D eigenvalue weighted by Crippen LogP contribution is 2.19. The van der Waals surface area contributed by atoms with E-state index in [9.17, 15) is 4.79 Å². The number of nitrogens with zero attached hydrogens (tertiary/aromatic N) is 1. The van der Waals surface area contributed by atoms with Crippen molar-refractivity contribution >= 4 is 16.7 Å². The number of rotatable bonds is 14. The van der Waals surface area contributed by atoms with Crippen LogP contribution in [-0.2, 0) is 20.7 Å². The number of unbranched alkanes of at least 4 members (excludes halogenated alkanes) is 2. The van der Waals surface area contributed by atoms with Crippen LogP contribution in [0.2, 0.25) is 0 Å². The topological polar surface area (TPSA) is 38.8 Å². The number of benzene rings is 2. The van der Waals surface area contributed by atoms with Crippen molar-refractivity contribution in [2.24, 2.45) is 0 Å². The molecule has 0 radical (unpaired) electrons. The highest BCUT2D eigenvalue weighted by atomic mass is 16.5. The Bertz CT molecular complexity index is 696. The minimum Gasteiger partial charge on any atom is -0.469 e. The molecule has 0 heterocycles. The van der Waals surface area contributed by atoms with E-state index in [4.69, 9.17) is 9.47 Å². The van der Waals surface area contributed by atoms with E-state index in [1.54, 1.807) is 0 Å². The maximum Gasteiger partial charge on any atom is 0.305 e. The highest BCUT2D eigenvalue weighted by Gasteiger charge is 2.08. The molecule has 0 aliphatic rings. The second-order valence-electron chi connectivity index (χ2n) is 7.17. The molecule has 0 bridgehead atoms. The quantitative estimate of drug-likeness (QED) is 0.344. The van der Waals surface area contributed by atoms with E-state index in [0.717, 1.165) is 65.0 Å². The molecular formula is C24H35NO3. The first kappa shape index (κ1) is 22.4. The van der Waals surface area contributed by atoms with Crippen LogP contribution in [0.1, 0.15) is 44.6 Å². The third kappa shape index (κ3) is 7.99. The minimum atomic E-state index is -0.107. The number of carbonyl (C=O) groups excluding carboxylic acids is 1. The van der Waals surface area contributed by atoms with Gasteiger partial charge >= 0.3 is 5.97 Å². The van der Waals surface area contributed by atoms with Gasteiger partial charge in [-0.3, -0.25) is 4.79 Å². The van der Waals surface area contributed by atoms with Crippen molar-refractivity contribution in [3.05, 3.63) is 48.0 Å². The largest absolute Gasteiger partial charge is 0.469 e. The molecule has 0 fully saturated rings. The number of fused-ring (bicyclic) bond motifs is 1. The summed E-state index contributed by atoms with van der Waals surface area (Å²) in [4.78, 5) is 13.8. The van der Waals surface area contributed by atoms with Crippen LogP contribution in [0.5, 0.6) is 0 Å². The average Bonchev–Trinajstić information content (AvgIpc) is 2.73. The lowest BCUT2D eigenvalue weighted by molar-refractivity contribution is -0.140. The SMILES string of the molecule is CCOCCCN(CCCCCC(=O)OC)CCc1cccc2ccccc12. The van der Waals surface area contributed by atoms with Crippen LogP contribution in [0.25, 0.3) is 10.8 Å². The summed E-state index contributed by atoms with van der Waals surface area (Å²) < 4.78 is 10.2. The van der Waals surface area contributed by atoms with Gasteiger partial charge in [0.15, 0.2) is 0 Å². The van der Waals surface area contributed by atoms with Crippen molar-refractivity contribution in [1.29, 1.82) is 0 Å². The maximum absolute atomic E-state index is 11.2. The average molecular weight is 386 g/mol. The first-order valence-corrected chi connectivity index (χ1v) is 10.6. The third-order valence-electron chi connectivity index (χ3n) is 5.13. The third-order valence-corrected chi connectivity index (χ3v) is 5.13. The molecule has 4 nitrogen and oxygen atoms in total. The van der Waals surface area contributed by atoms with Gasteiger partial charge in [0.05, 0.1) is 7.11 Å². The smallest absolute Gasteiger partial charge is 0.305 e. The van der Waals surface area contributed by atoms with Gasteiger partial charge in [0.25, 0.3) is 0 Å². The lowest BCUT2D eigenvalue weighted by atomic mass is 10.0. The molecule has 2 aromatic carbocycles. The molecule has 0 saturated heterocycles. The summed E-state index contributed by atoms with van der Waals surface area (Å²) in [7, 11) is 1.45. The van der Waals surface area contributed by atoms with Crippen molar-refractivity contribution in [3.8, 4) is 0 Å². The Balaban J connectivity index is 1.84. The molecule has 0 aliphatic carbocycles. The molecule has 2 aromatic rings. The summed E-state index contributed by atoms with van der Waals surface area (Å²) >= 11 is 0. The van der Waals surface area contributed by atoms with Crippen LogP contribution in [-0.4, -0.2) is 50.8 Å². The zero-order valence-electron chi connectivity index (χ0n) is 17.5. The number of hydrogen-bond donors (Lipinski definition) is 0. The molecule has 0 aliphatic heterocycles. The van der Waals surface area contributed by atoms with Crippen LogP contribution < -0.4 is 0 Å². The van der Waals surface area contributed by atoms with E-state index in [1.165, 1.54) is 23.4 Å². The van der Waals surface area contributed by atoms with Gasteiger partial charge in [-0.1, -0.05) is 48.9 Å². The summed E-state index contributed by atoms with van der Waals surface area (Å²) in [6.07, 6.45) is 5.72. The van der Waals surface area contributed by atoms with Crippen LogP contribution in [0.3, 0.4) is 0 Å². The van der Waals surface area contributed by atoms with Gasteiger partial charge in [-0.15, -0.1) is 0 Å².